The van der Waals surface area contributed by atoms with Crippen molar-refractivity contribution in [1.29, 1.82) is 0 Å². The van der Waals surface area contributed by atoms with Crippen LogP contribution in [0, 0.1) is 17.5 Å². The first-order chi connectivity index (χ1) is 14.2. The van der Waals surface area contributed by atoms with Crippen LogP contribution in [0.5, 0.6) is 5.75 Å². The van der Waals surface area contributed by atoms with Gasteiger partial charge in [-0.3, -0.25) is 14.5 Å². The van der Waals surface area contributed by atoms with E-state index >= 15 is 0 Å². The fourth-order valence-corrected chi connectivity index (χ4v) is 3.95. The molecule has 2 atom stereocenters. The highest BCUT2D eigenvalue weighted by atomic mass is 19.1. The number of aromatic hydroxyl groups is 1. The Balaban J connectivity index is 1.65. The van der Waals surface area contributed by atoms with Crippen molar-refractivity contribution in [3.05, 3.63) is 74.5 Å². The van der Waals surface area contributed by atoms with Crippen LogP contribution in [0.1, 0.15) is 41.0 Å². The number of fused-ring (bicyclic) bond motifs is 4. The molecular weight excluding hydrogens is 399 g/mol. The van der Waals surface area contributed by atoms with Gasteiger partial charge in [-0.2, -0.15) is 0 Å². The van der Waals surface area contributed by atoms with E-state index in [0.717, 1.165) is 13.0 Å². The number of carbonyl (C=O) groups excluding carboxylic acids is 1. The Kier molecular flexibility index (Phi) is 5.15. The normalized spacial score (nSPS) is 20.2. The molecule has 0 spiro atoms. The zero-order valence-corrected chi connectivity index (χ0v) is 16.2. The van der Waals surface area contributed by atoms with Crippen molar-refractivity contribution in [2.75, 3.05) is 13.1 Å². The van der Waals surface area contributed by atoms with Crippen molar-refractivity contribution in [3.63, 3.8) is 0 Å². The monoisotopic (exact) mass is 419 g/mol. The molecule has 4 rings (SSSR count). The predicted octanol–water partition coefficient (Wildman–Crippen LogP) is 2.61. The Hall–Kier alpha value is -3.07. The van der Waals surface area contributed by atoms with Gasteiger partial charge in [0.25, 0.3) is 5.91 Å². The highest BCUT2D eigenvalue weighted by Gasteiger charge is 2.30. The van der Waals surface area contributed by atoms with Gasteiger partial charge in [0, 0.05) is 50.1 Å². The van der Waals surface area contributed by atoms with Gasteiger partial charge in [-0.1, -0.05) is 11.6 Å². The highest BCUT2D eigenvalue weighted by molar-refractivity contribution is 5.94. The quantitative estimate of drug-likeness (QED) is 0.751. The van der Waals surface area contributed by atoms with Gasteiger partial charge in [-0.05, 0) is 13.3 Å². The Morgan fingerprint density at radius 3 is 2.67 bits per heavy atom. The number of amides is 1. The van der Waals surface area contributed by atoms with Gasteiger partial charge in [0.1, 0.15) is 23.0 Å². The summed E-state index contributed by atoms with van der Waals surface area (Å²) in [4.78, 5) is 27.3. The molecule has 2 N–H and O–H groups in total. The van der Waals surface area contributed by atoms with Crippen LogP contribution in [0.4, 0.5) is 13.2 Å². The largest absolute Gasteiger partial charge is 0.503 e. The molecule has 0 saturated heterocycles. The summed E-state index contributed by atoms with van der Waals surface area (Å²) >= 11 is 0. The van der Waals surface area contributed by atoms with Gasteiger partial charge in [-0.15, -0.1) is 0 Å². The lowest BCUT2D eigenvalue weighted by molar-refractivity contribution is 0.0946. The average Bonchev–Trinajstić information content (AvgIpc) is 2.82. The topological polar surface area (TPSA) is 74.6 Å². The molecule has 6 nitrogen and oxygen atoms in total. The lowest BCUT2D eigenvalue weighted by Crippen LogP contribution is -2.39. The summed E-state index contributed by atoms with van der Waals surface area (Å²) in [5, 5.41) is 12.7. The fraction of sp³-hybridized carbons (Fsp3) is 0.333. The molecule has 1 aromatic heterocycles. The lowest BCUT2D eigenvalue weighted by atomic mass is 10.1. The van der Waals surface area contributed by atoms with E-state index in [9.17, 15) is 27.9 Å². The summed E-state index contributed by atoms with van der Waals surface area (Å²) in [5.41, 5.74) is -0.108. The molecule has 9 heteroatoms. The van der Waals surface area contributed by atoms with Crippen LogP contribution in [-0.2, 0) is 13.1 Å². The standard InChI is InChI=1S/C21H20F3N3O3/c1-11-2-3-26-8-13(4-11)27-9-15(19(28)20(29)18(27)10-26)21(30)25-7-14-16(23)5-12(22)6-17(14)24/h4-6,9,13,29H,2-3,7-8,10H2,1H3,(H,25,30)/t13-/m0/s1. The second-order valence-corrected chi connectivity index (χ2v) is 7.67. The fourth-order valence-electron chi connectivity index (χ4n) is 3.95. The van der Waals surface area contributed by atoms with Crippen LogP contribution < -0.4 is 10.7 Å². The minimum absolute atomic E-state index is 0.152. The molecule has 1 amide bonds. The molecule has 158 valence electrons. The molecule has 0 fully saturated rings. The Bertz CT molecular complexity index is 1100. The van der Waals surface area contributed by atoms with Gasteiger partial charge in [0.15, 0.2) is 5.75 Å². The summed E-state index contributed by atoms with van der Waals surface area (Å²) in [7, 11) is 0. The number of nitrogens with one attached hydrogen (secondary N) is 1. The van der Waals surface area contributed by atoms with Gasteiger partial charge in [0.2, 0.25) is 5.43 Å². The number of carbonyl (C=O) groups is 1. The van der Waals surface area contributed by atoms with E-state index in [-0.39, 0.29) is 11.6 Å². The van der Waals surface area contributed by atoms with E-state index in [2.05, 4.69) is 10.2 Å². The minimum Gasteiger partial charge on any atom is -0.503 e. The van der Waals surface area contributed by atoms with Crippen LogP contribution in [0.3, 0.4) is 0 Å². The Morgan fingerprint density at radius 2 is 1.97 bits per heavy atom. The maximum Gasteiger partial charge on any atom is 0.257 e. The molecule has 2 aliphatic heterocycles. The smallest absolute Gasteiger partial charge is 0.257 e. The molecule has 2 bridgehead atoms. The van der Waals surface area contributed by atoms with Crippen molar-refractivity contribution in [1.82, 2.24) is 14.8 Å². The summed E-state index contributed by atoms with van der Waals surface area (Å²) in [6.45, 7) is 3.30. The summed E-state index contributed by atoms with van der Waals surface area (Å²) < 4.78 is 42.3. The highest BCUT2D eigenvalue weighted by Crippen LogP contribution is 2.30. The third kappa shape index (κ3) is 3.60. The number of halogens is 3. The second kappa shape index (κ2) is 7.64. The molecule has 2 aliphatic rings. The number of rotatable bonds is 3. The zero-order chi connectivity index (χ0) is 21.6. The number of pyridine rings is 1. The van der Waals surface area contributed by atoms with Gasteiger partial charge in [-0.25, -0.2) is 13.2 Å². The molecular formula is C21H20F3N3O3. The van der Waals surface area contributed by atoms with Crippen LogP contribution in [0.15, 0.2) is 34.8 Å². The second-order valence-electron chi connectivity index (χ2n) is 7.67. The van der Waals surface area contributed by atoms with E-state index in [1.807, 2.05) is 13.0 Å². The summed E-state index contributed by atoms with van der Waals surface area (Å²) in [6.07, 6.45) is 4.29. The van der Waals surface area contributed by atoms with E-state index < -0.39 is 46.6 Å². The molecule has 3 heterocycles. The first kappa shape index (κ1) is 20.2. The van der Waals surface area contributed by atoms with Crippen LogP contribution in [0.2, 0.25) is 0 Å². The van der Waals surface area contributed by atoms with Gasteiger partial charge in [0.05, 0.1) is 11.7 Å². The Morgan fingerprint density at radius 1 is 1.27 bits per heavy atom. The summed E-state index contributed by atoms with van der Waals surface area (Å²) in [5.74, 6) is -4.75. The van der Waals surface area contributed by atoms with E-state index in [1.54, 1.807) is 4.57 Å². The van der Waals surface area contributed by atoms with Crippen molar-refractivity contribution in [2.45, 2.75) is 32.5 Å². The Labute approximate surface area is 170 Å². The maximum atomic E-state index is 13.8. The molecule has 0 saturated carbocycles. The van der Waals surface area contributed by atoms with Crippen molar-refractivity contribution >= 4 is 5.91 Å². The molecule has 0 aliphatic carbocycles. The van der Waals surface area contributed by atoms with E-state index in [0.29, 0.717) is 30.9 Å². The number of benzene rings is 1. The molecule has 30 heavy (non-hydrogen) atoms. The van der Waals surface area contributed by atoms with E-state index in [4.69, 9.17) is 0 Å². The van der Waals surface area contributed by atoms with Crippen LogP contribution in [0.25, 0.3) is 0 Å². The summed E-state index contributed by atoms with van der Waals surface area (Å²) in [6, 6.07) is 0.870. The van der Waals surface area contributed by atoms with Crippen LogP contribution >= 0.6 is 0 Å². The number of nitrogens with zero attached hydrogens (tertiary/aromatic N) is 2. The SMILES string of the molecule is CC1=C[C@H]2CN(CC1)Cc1c(O)c(=O)c(C(=O)NCc3c(F)cc(F)cc3F)cn12. The van der Waals surface area contributed by atoms with Gasteiger partial charge >= 0.3 is 0 Å². The van der Waals surface area contributed by atoms with Crippen LogP contribution in [-0.4, -0.2) is 33.6 Å². The number of aromatic nitrogens is 1. The number of hydrogen-bond donors (Lipinski definition) is 2. The predicted molar refractivity (Wildman–Crippen MR) is 103 cm³/mol. The first-order valence-corrected chi connectivity index (χ1v) is 9.53. The molecule has 1 unspecified atom stereocenters. The third-order valence-corrected chi connectivity index (χ3v) is 5.56. The van der Waals surface area contributed by atoms with E-state index in [1.165, 1.54) is 11.8 Å². The van der Waals surface area contributed by atoms with Gasteiger partial charge < -0.3 is 15.0 Å². The first-order valence-electron chi connectivity index (χ1n) is 9.53. The zero-order valence-electron chi connectivity index (χ0n) is 16.2. The number of hydrogen-bond acceptors (Lipinski definition) is 4. The molecule has 0 radical (unpaired) electrons. The minimum atomic E-state index is -1.14. The van der Waals surface area contributed by atoms with Crippen molar-refractivity contribution in [2.24, 2.45) is 0 Å². The molecule has 2 aromatic rings. The lowest BCUT2D eigenvalue weighted by Gasteiger charge is -2.34. The molecule has 1 aromatic carbocycles. The maximum absolute atomic E-state index is 13.8. The van der Waals surface area contributed by atoms with Crippen molar-refractivity contribution in [3.8, 4) is 5.75 Å². The van der Waals surface area contributed by atoms with Crippen molar-refractivity contribution < 1.29 is 23.1 Å². The average molecular weight is 419 g/mol. The third-order valence-electron chi connectivity index (χ3n) is 5.56.